The van der Waals surface area contributed by atoms with Crippen LogP contribution in [0.3, 0.4) is 0 Å². The molecule has 1 amide bonds. The molecule has 1 aliphatic rings. The lowest BCUT2D eigenvalue weighted by Gasteiger charge is -2.26. The Bertz CT molecular complexity index is 1610. The molecule has 10 nitrogen and oxygen atoms in total. The van der Waals surface area contributed by atoms with Crippen molar-refractivity contribution < 1.29 is 27.1 Å². The van der Waals surface area contributed by atoms with Gasteiger partial charge >= 0.3 is 0 Å². The minimum absolute atomic E-state index is 0.164. The van der Waals surface area contributed by atoms with Gasteiger partial charge in [-0.1, -0.05) is 12.1 Å². The standard InChI is InChI=1S/C28H28N4O6S/c1-36-25-9-8-23(20-4-6-22(7-5-20)39(34,35)32-12-14-37-15-13-32)24-16-21(38-28(24)25)18-31-27(33)11-3-19-2-10-26(29)30-17-19/h2-11,16-17H,12-15,18H2,1H3,(H2,29,30)(H,31,33). The summed E-state index contributed by atoms with van der Waals surface area (Å²) >= 11 is 0. The number of fused-ring (bicyclic) bond motifs is 1. The second kappa shape index (κ2) is 11.3. The van der Waals surface area contributed by atoms with E-state index < -0.39 is 10.0 Å². The molecular weight excluding hydrogens is 520 g/mol. The molecule has 11 heteroatoms. The smallest absolute Gasteiger partial charge is 0.244 e. The number of furan rings is 1. The van der Waals surface area contributed by atoms with Gasteiger partial charge in [-0.25, -0.2) is 13.4 Å². The first-order valence-corrected chi connectivity index (χ1v) is 13.7. The van der Waals surface area contributed by atoms with E-state index >= 15 is 0 Å². The number of rotatable bonds is 8. The van der Waals surface area contributed by atoms with E-state index in [2.05, 4.69) is 10.3 Å². The summed E-state index contributed by atoms with van der Waals surface area (Å²) in [5.41, 5.74) is 8.53. The Balaban J connectivity index is 1.35. The van der Waals surface area contributed by atoms with Gasteiger partial charge in [-0.2, -0.15) is 4.31 Å². The number of anilines is 1. The average Bonchev–Trinajstić information content (AvgIpc) is 3.40. The lowest BCUT2D eigenvalue weighted by molar-refractivity contribution is -0.116. The maximum atomic E-state index is 13.0. The van der Waals surface area contributed by atoms with Crippen LogP contribution in [-0.2, 0) is 26.1 Å². The van der Waals surface area contributed by atoms with Crippen molar-refractivity contribution in [1.82, 2.24) is 14.6 Å². The number of carbonyl (C=O) groups excluding carboxylic acids is 1. The number of amides is 1. The molecular formula is C28H28N4O6S. The van der Waals surface area contributed by atoms with Crippen molar-refractivity contribution >= 4 is 38.8 Å². The molecule has 1 fully saturated rings. The summed E-state index contributed by atoms with van der Waals surface area (Å²) in [6, 6.07) is 15.7. The number of methoxy groups -OCH3 is 1. The first-order valence-electron chi connectivity index (χ1n) is 12.3. The Labute approximate surface area is 226 Å². The highest BCUT2D eigenvalue weighted by Gasteiger charge is 2.26. The molecule has 0 saturated carbocycles. The number of sulfonamides is 1. The normalized spacial score (nSPS) is 14.6. The number of nitrogens with one attached hydrogen (secondary N) is 1. The van der Waals surface area contributed by atoms with Gasteiger partial charge in [0, 0.05) is 30.7 Å². The van der Waals surface area contributed by atoms with Crippen LogP contribution in [0.15, 0.2) is 76.2 Å². The molecule has 0 aliphatic carbocycles. The van der Waals surface area contributed by atoms with Gasteiger partial charge in [-0.3, -0.25) is 4.79 Å². The van der Waals surface area contributed by atoms with Crippen molar-refractivity contribution in [2.45, 2.75) is 11.4 Å². The summed E-state index contributed by atoms with van der Waals surface area (Å²) in [7, 11) is -2.03. The molecule has 3 N–H and O–H groups in total. The molecule has 39 heavy (non-hydrogen) atoms. The Morgan fingerprint density at radius 1 is 1.13 bits per heavy atom. The van der Waals surface area contributed by atoms with Crippen LogP contribution in [-0.4, -0.2) is 57.0 Å². The summed E-state index contributed by atoms with van der Waals surface area (Å²) in [5, 5.41) is 3.59. The number of nitrogens with two attached hydrogens (primary N) is 1. The first kappa shape index (κ1) is 26.4. The Morgan fingerprint density at radius 3 is 2.59 bits per heavy atom. The van der Waals surface area contributed by atoms with E-state index in [9.17, 15) is 13.2 Å². The van der Waals surface area contributed by atoms with Gasteiger partial charge in [0.15, 0.2) is 11.3 Å². The van der Waals surface area contributed by atoms with Crippen LogP contribution in [0.2, 0.25) is 0 Å². The lowest BCUT2D eigenvalue weighted by atomic mass is 10.0. The van der Waals surface area contributed by atoms with Crippen molar-refractivity contribution in [3.63, 3.8) is 0 Å². The van der Waals surface area contributed by atoms with E-state index in [1.807, 2.05) is 12.1 Å². The summed E-state index contributed by atoms with van der Waals surface area (Å²) in [5.74, 6) is 1.20. The number of morpholine rings is 1. The van der Waals surface area contributed by atoms with E-state index in [0.29, 0.717) is 49.2 Å². The monoisotopic (exact) mass is 548 g/mol. The van der Waals surface area contributed by atoms with Crippen molar-refractivity contribution in [1.29, 1.82) is 0 Å². The first-order chi connectivity index (χ1) is 18.8. The molecule has 2 aromatic heterocycles. The third-order valence-electron chi connectivity index (χ3n) is 6.36. The summed E-state index contributed by atoms with van der Waals surface area (Å²) in [4.78, 5) is 16.6. The number of nitrogens with zero attached hydrogens (tertiary/aromatic N) is 2. The largest absolute Gasteiger partial charge is 0.493 e. The highest BCUT2D eigenvalue weighted by atomic mass is 32.2. The van der Waals surface area contributed by atoms with Crippen LogP contribution in [0.1, 0.15) is 11.3 Å². The quantitative estimate of drug-likeness (QED) is 0.320. The number of pyridine rings is 1. The van der Waals surface area contributed by atoms with Gasteiger partial charge in [-0.05, 0) is 65.2 Å². The minimum Gasteiger partial charge on any atom is -0.493 e. The zero-order chi connectivity index (χ0) is 27.4. The van der Waals surface area contributed by atoms with E-state index in [1.54, 1.807) is 61.8 Å². The highest BCUT2D eigenvalue weighted by molar-refractivity contribution is 7.89. The number of hydrogen-bond acceptors (Lipinski definition) is 8. The SMILES string of the molecule is COc1ccc(-c2ccc(S(=O)(=O)N3CCOCC3)cc2)c2cc(CNC(=O)C=Cc3ccc(N)nc3)oc12. The zero-order valence-corrected chi connectivity index (χ0v) is 22.1. The molecule has 0 unspecified atom stereocenters. The van der Waals surface area contributed by atoms with E-state index in [1.165, 1.54) is 10.4 Å². The maximum Gasteiger partial charge on any atom is 0.244 e. The fourth-order valence-corrected chi connectivity index (χ4v) is 5.72. The van der Waals surface area contributed by atoms with Crippen LogP contribution in [0, 0.1) is 0 Å². The molecule has 2 aromatic carbocycles. The molecule has 1 saturated heterocycles. The number of benzene rings is 2. The summed E-state index contributed by atoms with van der Waals surface area (Å²) in [6.07, 6.45) is 4.63. The number of carbonyl (C=O) groups is 1. The third kappa shape index (κ3) is 5.80. The number of hydrogen-bond donors (Lipinski definition) is 2. The molecule has 0 radical (unpaired) electrons. The topological polar surface area (TPSA) is 137 Å². The molecule has 0 atom stereocenters. The van der Waals surface area contributed by atoms with E-state index in [4.69, 9.17) is 19.6 Å². The van der Waals surface area contributed by atoms with Crippen molar-refractivity contribution in [2.24, 2.45) is 0 Å². The van der Waals surface area contributed by atoms with Gasteiger partial charge in [0.2, 0.25) is 15.9 Å². The van der Waals surface area contributed by atoms with Crippen LogP contribution in [0.5, 0.6) is 5.75 Å². The van der Waals surface area contributed by atoms with Crippen molar-refractivity contribution in [3.8, 4) is 16.9 Å². The molecule has 202 valence electrons. The Hall–Kier alpha value is -4.19. The minimum atomic E-state index is -3.59. The van der Waals surface area contributed by atoms with Crippen molar-refractivity contribution in [2.75, 3.05) is 39.1 Å². The molecule has 0 spiro atoms. The Kier molecular flexibility index (Phi) is 7.64. The van der Waals surface area contributed by atoms with Gasteiger partial charge < -0.3 is 24.9 Å². The zero-order valence-electron chi connectivity index (χ0n) is 21.3. The maximum absolute atomic E-state index is 13.0. The van der Waals surface area contributed by atoms with E-state index in [0.717, 1.165) is 22.1 Å². The molecule has 5 rings (SSSR count). The fourth-order valence-electron chi connectivity index (χ4n) is 4.31. The van der Waals surface area contributed by atoms with E-state index in [-0.39, 0.29) is 17.3 Å². The van der Waals surface area contributed by atoms with Gasteiger partial charge in [0.1, 0.15) is 11.6 Å². The predicted molar refractivity (Wildman–Crippen MR) is 147 cm³/mol. The van der Waals surface area contributed by atoms with Crippen LogP contribution in [0.4, 0.5) is 5.82 Å². The second-order valence-corrected chi connectivity index (χ2v) is 10.8. The third-order valence-corrected chi connectivity index (χ3v) is 8.28. The molecule has 0 bridgehead atoms. The van der Waals surface area contributed by atoms with Crippen molar-refractivity contribution in [3.05, 3.63) is 78.2 Å². The predicted octanol–water partition coefficient (Wildman–Crippen LogP) is 3.44. The number of aromatic nitrogens is 1. The average molecular weight is 549 g/mol. The summed E-state index contributed by atoms with van der Waals surface area (Å²) < 4.78 is 44.2. The van der Waals surface area contributed by atoms with Gasteiger partial charge in [-0.15, -0.1) is 0 Å². The van der Waals surface area contributed by atoms with Crippen LogP contribution in [0.25, 0.3) is 28.2 Å². The molecule has 1 aliphatic heterocycles. The second-order valence-electron chi connectivity index (χ2n) is 8.88. The fraction of sp³-hybridized carbons (Fsp3) is 0.214. The highest BCUT2D eigenvalue weighted by Crippen LogP contribution is 2.37. The van der Waals surface area contributed by atoms with Gasteiger partial charge in [0.25, 0.3) is 0 Å². The van der Waals surface area contributed by atoms with Crippen LogP contribution >= 0.6 is 0 Å². The number of ether oxygens (including phenoxy) is 2. The Morgan fingerprint density at radius 2 is 1.90 bits per heavy atom. The van der Waals surface area contributed by atoms with Gasteiger partial charge in [0.05, 0.1) is 31.8 Å². The molecule has 4 aromatic rings. The number of nitrogen functional groups attached to an aromatic ring is 1. The summed E-state index contributed by atoms with van der Waals surface area (Å²) in [6.45, 7) is 1.62. The molecule has 3 heterocycles. The lowest BCUT2D eigenvalue weighted by Crippen LogP contribution is -2.40. The van der Waals surface area contributed by atoms with Crippen LogP contribution < -0.4 is 15.8 Å².